The van der Waals surface area contributed by atoms with Crippen LogP contribution in [0.15, 0.2) is 41.3 Å². The first-order valence-electron chi connectivity index (χ1n) is 10.9. The number of piperazine rings is 1. The maximum atomic E-state index is 12.7. The highest BCUT2D eigenvalue weighted by Crippen LogP contribution is 2.28. The zero-order valence-electron chi connectivity index (χ0n) is 18.1. The zero-order chi connectivity index (χ0) is 21.8. The van der Waals surface area contributed by atoms with Crippen molar-refractivity contribution in [3.05, 3.63) is 58.2 Å². The summed E-state index contributed by atoms with van der Waals surface area (Å²) in [4.78, 5) is 26.8. The topological polar surface area (TPSA) is 84.9 Å². The van der Waals surface area contributed by atoms with Crippen LogP contribution < -0.4 is 15.4 Å². The molecule has 2 aromatic rings. The van der Waals surface area contributed by atoms with Crippen LogP contribution in [0.25, 0.3) is 0 Å². The van der Waals surface area contributed by atoms with E-state index in [1.807, 2.05) is 25.1 Å². The van der Waals surface area contributed by atoms with E-state index in [0.717, 1.165) is 68.3 Å². The number of benzene rings is 1. The number of ether oxygens (including phenoxy) is 1. The second kappa shape index (κ2) is 9.43. The quantitative estimate of drug-likeness (QED) is 0.731. The minimum absolute atomic E-state index is 0.0637. The van der Waals surface area contributed by atoms with Gasteiger partial charge in [-0.1, -0.05) is 18.7 Å². The van der Waals surface area contributed by atoms with E-state index in [2.05, 4.69) is 31.2 Å². The molecule has 2 saturated heterocycles. The number of aromatic amines is 1. The van der Waals surface area contributed by atoms with Gasteiger partial charge in [-0.2, -0.15) is 0 Å². The van der Waals surface area contributed by atoms with Gasteiger partial charge in [0.25, 0.3) is 5.56 Å². The largest absolute Gasteiger partial charge is 0.506 e. The molecule has 8 nitrogen and oxygen atoms in total. The standard InChI is InChI=1S/C23H31N5O3/c1-17(26-9-11-27(12-10-26)20-5-3-4-6-21(20)29)7-8-19-18(2)24-23(25-22(19)30)28-13-15-31-16-14-28/h3-6,29H,1,7-16H2,2H3,(H,24,25,30). The van der Waals surface area contributed by atoms with E-state index in [4.69, 9.17) is 4.74 Å². The predicted molar refractivity (Wildman–Crippen MR) is 122 cm³/mol. The number of morpholine rings is 1. The van der Waals surface area contributed by atoms with Crippen LogP contribution in [-0.2, 0) is 11.2 Å². The molecule has 8 heteroatoms. The van der Waals surface area contributed by atoms with Crippen molar-refractivity contribution in [3.63, 3.8) is 0 Å². The molecule has 2 aliphatic rings. The lowest BCUT2D eigenvalue weighted by Gasteiger charge is -2.38. The maximum absolute atomic E-state index is 12.7. The second-order valence-electron chi connectivity index (χ2n) is 8.08. The Kier molecular flexibility index (Phi) is 6.46. The zero-order valence-corrected chi connectivity index (χ0v) is 18.1. The number of aromatic nitrogens is 2. The number of allylic oxidation sites excluding steroid dienone is 1. The van der Waals surface area contributed by atoms with Crippen LogP contribution in [0.2, 0.25) is 0 Å². The van der Waals surface area contributed by atoms with Crippen molar-refractivity contribution in [1.82, 2.24) is 14.9 Å². The fraction of sp³-hybridized carbons (Fsp3) is 0.478. The molecule has 2 aliphatic heterocycles. The highest BCUT2D eigenvalue weighted by Gasteiger charge is 2.21. The summed E-state index contributed by atoms with van der Waals surface area (Å²) >= 11 is 0. The van der Waals surface area contributed by atoms with E-state index in [1.54, 1.807) is 6.07 Å². The average Bonchev–Trinajstić information content (AvgIpc) is 2.79. The van der Waals surface area contributed by atoms with Gasteiger partial charge in [-0.05, 0) is 31.9 Å². The van der Waals surface area contributed by atoms with Gasteiger partial charge in [-0.25, -0.2) is 4.98 Å². The Morgan fingerprint density at radius 2 is 1.84 bits per heavy atom. The minimum Gasteiger partial charge on any atom is -0.506 e. The van der Waals surface area contributed by atoms with Crippen molar-refractivity contribution < 1.29 is 9.84 Å². The van der Waals surface area contributed by atoms with Crippen LogP contribution in [0.1, 0.15) is 17.7 Å². The average molecular weight is 426 g/mol. The third-order valence-electron chi connectivity index (χ3n) is 6.13. The third-order valence-corrected chi connectivity index (χ3v) is 6.13. The van der Waals surface area contributed by atoms with Gasteiger partial charge in [0.15, 0.2) is 0 Å². The lowest BCUT2D eigenvalue weighted by molar-refractivity contribution is 0.122. The highest BCUT2D eigenvalue weighted by molar-refractivity contribution is 5.57. The van der Waals surface area contributed by atoms with Crippen molar-refractivity contribution in [3.8, 4) is 5.75 Å². The molecule has 2 fully saturated rings. The summed E-state index contributed by atoms with van der Waals surface area (Å²) in [5.74, 6) is 0.950. The van der Waals surface area contributed by atoms with Crippen molar-refractivity contribution in [2.75, 3.05) is 62.3 Å². The van der Waals surface area contributed by atoms with Crippen LogP contribution in [0.3, 0.4) is 0 Å². The molecule has 2 N–H and O–H groups in total. The molecule has 0 aliphatic carbocycles. The minimum atomic E-state index is -0.0637. The molecule has 0 atom stereocenters. The van der Waals surface area contributed by atoms with Gasteiger partial charge in [0.05, 0.1) is 18.9 Å². The first kappa shape index (κ1) is 21.2. The van der Waals surface area contributed by atoms with E-state index in [0.29, 0.717) is 31.3 Å². The molecule has 166 valence electrons. The molecule has 31 heavy (non-hydrogen) atoms. The SMILES string of the molecule is C=C(CCc1c(C)nc(N2CCOCC2)[nH]c1=O)N1CCN(c2ccccc2O)CC1. The Hall–Kier alpha value is -3.00. The van der Waals surface area contributed by atoms with E-state index >= 15 is 0 Å². The molecule has 0 spiro atoms. The smallest absolute Gasteiger partial charge is 0.255 e. The molecule has 1 aromatic heterocycles. The number of hydrogen-bond donors (Lipinski definition) is 2. The number of nitrogens with one attached hydrogen (secondary N) is 1. The Labute approximate surface area is 182 Å². The first-order valence-corrected chi connectivity index (χ1v) is 10.9. The van der Waals surface area contributed by atoms with E-state index in [1.165, 1.54) is 0 Å². The number of rotatable bonds is 6. The molecule has 0 radical (unpaired) electrons. The van der Waals surface area contributed by atoms with Crippen molar-refractivity contribution in [2.24, 2.45) is 0 Å². The van der Waals surface area contributed by atoms with Crippen molar-refractivity contribution >= 4 is 11.6 Å². The Morgan fingerprint density at radius 1 is 1.13 bits per heavy atom. The fourth-order valence-electron chi connectivity index (χ4n) is 4.24. The second-order valence-corrected chi connectivity index (χ2v) is 8.08. The molecular weight excluding hydrogens is 394 g/mol. The van der Waals surface area contributed by atoms with Crippen LogP contribution in [0.4, 0.5) is 11.6 Å². The van der Waals surface area contributed by atoms with E-state index < -0.39 is 0 Å². The number of nitrogens with zero attached hydrogens (tertiary/aromatic N) is 4. The number of phenols is 1. The maximum Gasteiger partial charge on any atom is 0.255 e. The summed E-state index contributed by atoms with van der Waals surface area (Å²) in [6.07, 6.45) is 1.34. The summed E-state index contributed by atoms with van der Waals surface area (Å²) in [5, 5.41) is 10.1. The van der Waals surface area contributed by atoms with Gasteiger partial charge < -0.3 is 24.5 Å². The molecule has 0 bridgehead atoms. The predicted octanol–water partition coefficient (Wildman–Crippen LogP) is 1.89. The van der Waals surface area contributed by atoms with Gasteiger partial charge in [0.1, 0.15) is 5.75 Å². The molecular formula is C23H31N5O3. The van der Waals surface area contributed by atoms with Gasteiger partial charge in [-0.15, -0.1) is 0 Å². The summed E-state index contributed by atoms with van der Waals surface area (Å²) in [7, 11) is 0. The number of aromatic hydroxyl groups is 1. The normalized spacial score (nSPS) is 17.1. The Bertz CT molecular complexity index is 975. The van der Waals surface area contributed by atoms with E-state index in [-0.39, 0.29) is 5.56 Å². The number of aryl methyl sites for hydroxylation is 1. The lowest BCUT2D eigenvalue weighted by Crippen LogP contribution is -2.45. The summed E-state index contributed by atoms with van der Waals surface area (Å²) < 4.78 is 5.37. The highest BCUT2D eigenvalue weighted by atomic mass is 16.5. The number of phenolic OH excluding ortho intramolecular Hbond substituents is 1. The monoisotopic (exact) mass is 425 g/mol. The van der Waals surface area contributed by atoms with Gasteiger partial charge in [-0.3, -0.25) is 9.78 Å². The van der Waals surface area contributed by atoms with Crippen molar-refractivity contribution in [1.29, 1.82) is 0 Å². The summed E-state index contributed by atoms with van der Waals surface area (Å²) in [5.41, 5.74) is 3.36. The van der Waals surface area contributed by atoms with Gasteiger partial charge in [0.2, 0.25) is 5.95 Å². The van der Waals surface area contributed by atoms with Gasteiger partial charge >= 0.3 is 0 Å². The van der Waals surface area contributed by atoms with Crippen LogP contribution in [0, 0.1) is 6.92 Å². The molecule has 1 aromatic carbocycles. The summed E-state index contributed by atoms with van der Waals surface area (Å²) in [6, 6.07) is 7.45. The van der Waals surface area contributed by atoms with Crippen LogP contribution in [-0.4, -0.2) is 72.5 Å². The van der Waals surface area contributed by atoms with Gasteiger partial charge in [0, 0.05) is 56.2 Å². The molecule has 0 unspecified atom stereocenters. The van der Waals surface area contributed by atoms with Crippen LogP contribution in [0.5, 0.6) is 5.75 Å². The Balaban J connectivity index is 1.33. The Morgan fingerprint density at radius 3 is 2.52 bits per heavy atom. The first-order chi connectivity index (χ1) is 15.0. The van der Waals surface area contributed by atoms with Crippen molar-refractivity contribution in [2.45, 2.75) is 19.8 Å². The lowest BCUT2D eigenvalue weighted by atomic mass is 10.1. The fourth-order valence-corrected chi connectivity index (χ4v) is 4.24. The number of H-pyrrole nitrogens is 1. The number of para-hydroxylation sites is 2. The number of anilines is 2. The molecule has 0 saturated carbocycles. The molecule has 0 amide bonds. The number of hydrogen-bond acceptors (Lipinski definition) is 7. The molecule has 3 heterocycles. The third kappa shape index (κ3) is 4.85. The summed E-state index contributed by atoms with van der Waals surface area (Å²) in [6.45, 7) is 12.3. The van der Waals surface area contributed by atoms with E-state index in [9.17, 15) is 9.90 Å². The molecule has 4 rings (SSSR count). The van der Waals surface area contributed by atoms with Crippen LogP contribution >= 0.6 is 0 Å².